The fourth-order valence-electron chi connectivity index (χ4n) is 4.19. The van der Waals surface area contributed by atoms with Gasteiger partial charge in [-0.05, 0) is 61.5 Å². The van der Waals surface area contributed by atoms with Crippen LogP contribution in [0.3, 0.4) is 0 Å². The molecule has 3 heteroatoms. The zero-order valence-corrected chi connectivity index (χ0v) is 13.1. The number of rotatable bonds is 4. The monoisotopic (exact) mass is 322 g/mol. The molecule has 19 heavy (non-hydrogen) atoms. The van der Waals surface area contributed by atoms with Gasteiger partial charge in [-0.2, -0.15) is 0 Å². The van der Waals surface area contributed by atoms with Gasteiger partial charge in [0.1, 0.15) is 0 Å². The van der Waals surface area contributed by atoms with Gasteiger partial charge >= 0.3 is 0 Å². The number of hydrogen-bond donors (Lipinski definition) is 2. The van der Waals surface area contributed by atoms with Crippen LogP contribution in [0.2, 0.25) is 0 Å². The van der Waals surface area contributed by atoms with Crippen molar-refractivity contribution in [3.63, 3.8) is 0 Å². The highest BCUT2D eigenvalue weighted by molar-refractivity contribution is 9.10. The Labute approximate surface area is 124 Å². The second-order valence-electron chi connectivity index (χ2n) is 6.37. The van der Waals surface area contributed by atoms with Crippen molar-refractivity contribution in [2.24, 2.45) is 23.6 Å². The van der Waals surface area contributed by atoms with Crippen LogP contribution in [0.25, 0.3) is 0 Å². The Morgan fingerprint density at radius 1 is 1.37 bits per heavy atom. The standard InChI is InChI=1S/C16H23BrN2/c1-10-3-2-4-14(16(10)17)15(19-18)9-13-8-11-5-6-12(13)7-11/h2-4,11-13,15,19H,5-9,18H2,1H3. The summed E-state index contributed by atoms with van der Waals surface area (Å²) < 4.78 is 1.21. The van der Waals surface area contributed by atoms with E-state index >= 15 is 0 Å². The van der Waals surface area contributed by atoms with Crippen LogP contribution in [-0.2, 0) is 0 Å². The molecule has 0 amide bonds. The highest BCUT2D eigenvalue weighted by atomic mass is 79.9. The van der Waals surface area contributed by atoms with E-state index in [1.165, 1.54) is 47.7 Å². The van der Waals surface area contributed by atoms with Gasteiger partial charge in [-0.3, -0.25) is 11.3 Å². The molecule has 2 saturated carbocycles. The molecule has 2 fully saturated rings. The lowest BCUT2D eigenvalue weighted by Gasteiger charge is -2.27. The van der Waals surface area contributed by atoms with Gasteiger partial charge in [0, 0.05) is 10.5 Å². The Morgan fingerprint density at radius 3 is 2.84 bits per heavy atom. The average Bonchev–Trinajstić information content (AvgIpc) is 3.02. The van der Waals surface area contributed by atoms with E-state index in [4.69, 9.17) is 5.84 Å². The zero-order valence-electron chi connectivity index (χ0n) is 11.5. The summed E-state index contributed by atoms with van der Waals surface area (Å²) in [4.78, 5) is 0. The van der Waals surface area contributed by atoms with E-state index in [0.29, 0.717) is 0 Å². The van der Waals surface area contributed by atoms with Gasteiger partial charge in [-0.1, -0.05) is 40.5 Å². The predicted octanol–water partition coefficient (Wildman–Crippen LogP) is 4.09. The summed E-state index contributed by atoms with van der Waals surface area (Å²) in [6.45, 7) is 2.14. The molecule has 104 valence electrons. The van der Waals surface area contributed by atoms with Crippen LogP contribution in [-0.4, -0.2) is 0 Å². The molecule has 4 unspecified atom stereocenters. The zero-order chi connectivity index (χ0) is 13.4. The van der Waals surface area contributed by atoms with Crippen molar-refractivity contribution < 1.29 is 0 Å². The number of nitrogens with one attached hydrogen (secondary N) is 1. The third kappa shape index (κ3) is 2.61. The summed E-state index contributed by atoms with van der Waals surface area (Å²) in [5.74, 6) is 8.67. The smallest absolute Gasteiger partial charge is 0.0474 e. The van der Waals surface area contributed by atoms with Crippen molar-refractivity contribution in [3.8, 4) is 0 Å². The van der Waals surface area contributed by atoms with E-state index in [-0.39, 0.29) is 6.04 Å². The summed E-state index contributed by atoms with van der Waals surface area (Å²) in [5.41, 5.74) is 5.64. The van der Waals surface area contributed by atoms with Crippen molar-refractivity contribution >= 4 is 15.9 Å². The number of hydrazine groups is 1. The van der Waals surface area contributed by atoms with Crippen molar-refractivity contribution in [2.75, 3.05) is 0 Å². The topological polar surface area (TPSA) is 38.0 Å². The van der Waals surface area contributed by atoms with Gasteiger partial charge in [-0.15, -0.1) is 0 Å². The highest BCUT2D eigenvalue weighted by Crippen LogP contribution is 2.51. The molecule has 0 spiro atoms. The molecule has 1 aromatic rings. The number of aryl methyl sites for hydroxylation is 1. The minimum Gasteiger partial charge on any atom is -0.271 e. The van der Waals surface area contributed by atoms with E-state index in [9.17, 15) is 0 Å². The van der Waals surface area contributed by atoms with Gasteiger partial charge in [-0.25, -0.2) is 0 Å². The predicted molar refractivity (Wildman–Crippen MR) is 82.5 cm³/mol. The number of nitrogens with two attached hydrogens (primary N) is 1. The molecule has 3 N–H and O–H groups in total. The molecular weight excluding hydrogens is 300 g/mol. The van der Waals surface area contributed by atoms with Crippen LogP contribution in [0.1, 0.15) is 49.3 Å². The molecule has 2 aliphatic rings. The van der Waals surface area contributed by atoms with Gasteiger partial charge in [0.2, 0.25) is 0 Å². The summed E-state index contributed by atoms with van der Waals surface area (Å²) in [6.07, 6.45) is 6.99. The molecule has 0 heterocycles. The Hall–Kier alpha value is -0.380. The lowest BCUT2D eigenvalue weighted by atomic mass is 9.83. The third-order valence-electron chi connectivity index (χ3n) is 5.22. The molecule has 2 aliphatic carbocycles. The van der Waals surface area contributed by atoms with Crippen LogP contribution in [0.15, 0.2) is 22.7 Å². The average molecular weight is 323 g/mol. The van der Waals surface area contributed by atoms with Crippen LogP contribution in [0, 0.1) is 24.7 Å². The first kappa shape index (κ1) is 13.6. The van der Waals surface area contributed by atoms with Crippen LogP contribution in [0.5, 0.6) is 0 Å². The molecule has 2 nitrogen and oxygen atoms in total. The van der Waals surface area contributed by atoms with E-state index in [1.807, 2.05) is 0 Å². The van der Waals surface area contributed by atoms with Crippen molar-refractivity contribution in [1.29, 1.82) is 0 Å². The molecule has 0 aliphatic heterocycles. The normalized spacial score (nSPS) is 30.8. The first-order valence-corrected chi connectivity index (χ1v) is 8.19. The minimum atomic E-state index is 0.277. The molecule has 1 aromatic carbocycles. The fraction of sp³-hybridized carbons (Fsp3) is 0.625. The quantitative estimate of drug-likeness (QED) is 0.647. The van der Waals surface area contributed by atoms with E-state index in [1.54, 1.807) is 0 Å². The highest BCUT2D eigenvalue weighted by Gasteiger charge is 2.40. The summed E-state index contributed by atoms with van der Waals surface area (Å²) in [7, 11) is 0. The van der Waals surface area contributed by atoms with Crippen LogP contribution >= 0.6 is 15.9 Å². The lowest BCUT2D eigenvalue weighted by molar-refractivity contribution is 0.280. The molecule has 0 aromatic heterocycles. The van der Waals surface area contributed by atoms with Crippen LogP contribution in [0.4, 0.5) is 0 Å². The van der Waals surface area contributed by atoms with Gasteiger partial charge in [0.15, 0.2) is 0 Å². The molecule has 4 atom stereocenters. The van der Waals surface area contributed by atoms with Gasteiger partial charge < -0.3 is 0 Å². The number of halogens is 1. The van der Waals surface area contributed by atoms with E-state index < -0.39 is 0 Å². The molecule has 3 rings (SSSR count). The molecule has 0 radical (unpaired) electrons. The van der Waals surface area contributed by atoms with Gasteiger partial charge in [0.05, 0.1) is 0 Å². The fourth-order valence-corrected chi connectivity index (χ4v) is 4.73. The van der Waals surface area contributed by atoms with E-state index in [2.05, 4.69) is 46.5 Å². The third-order valence-corrected chi connectivity index (χ3v) is 6.30. The second kappa shape index (κ2) is 5.55. The Balaban J connectivity index is 1.75. The first-order valence-electron chi connectivity index (χ1n) is 7.40. The summed E-state index contributed by atoms with van der Waals surface area (Å²) >= 11 is 3.72. The number of hydrogen-bond acceptors (Lipinski definition) is 2. The maximum atomic E-state index is 5.83. The lowest BCUT2D eigenvalue weighted by Crippen LogP contribution is -2.31. The largest absolute Gasteiger partial charge is 0.271 e. The van der Waals surface area contributed by atoms with Crippen molar-refractivity contribution in [2.45, 2.75) is 45.1 Å². The SMILES string of the molecule is Cc1cccc(C(CC2CC3CCC2C3)NN)c1Br. The summed E-state index contributed by atoms with van der Waals surface area (Å²) in [5, 5.41) is 0. The first-order chi connectivity index (χ1) is 9.19. The molecular formula is C16H23BrN2. The molecule has 2 bridgehead atoms. The van der Waals surface area contributed by atoms with E-state index in [0.717, 1.165) is 17.8 Å². The van der Waals surface area contributed by atoms with Crippen molar-refractivity contribution in [3.05, 3.63) is 33.8 Å². The maximum absolute atomic E-state index is 5.83. The molecule has 0 saturated heterocycles. The number of fused-ring (bicyclic) bond motifs is 2. The number of benzene rings is 1. The summed E-state index contributed by atoms with van der Waals surface area (Å²) in [6, 6.07) is 6.73. The maximum Gasteiger partial charge on any atom is 0.0474 e. The van der Waals surface area contributed by atoms with Gasteiger partial charge in [0.25, 0.3) is 0 Å². The Kier molecular flexibility index (Phi) is 3.97. The van der Waals surface area contributed by atoms with Crippen LogP contribution < -0.4 is 11.3 Å². The Bertz CT molecular complexity index is 460. The van der Waals surface area contributed by atoms with Crippen molar-refractivity contribution in [1.82, 2.24) is 5.43 Å². The Morgan fingerprint density at radius 2 is 2.21 bits per heavy atom. The second-order valence-corrected chi connectivity index (χ2v) is 7.16. The minimum absolute atomic E-state index is 0.277.